The van der Waals surface area contributed by atoms with Crippen molar-refractivity contribution >= 4 is 28.1 Å². The molecule has 0 aliphatic rings. The summed E-state index contributed by atoms with van der Waals surface area (Å²) in [6.07, 6.45) is 1.61. The Kier molecular flexibility index (Phi) is 6.39. The van der Waals surface area contributed by atoms with Gasteiger partial charge in [-0.15, -0.1) is 0 Å². The Hall–Kier alpha value is -2.92. The molecule has 3 aromatic rings. The van der Waals surface area contributed by atoms with Crippen molar-refractivity contribution in [3.05, 3.63) is 88.4 Å². The number of ether oxygens (including phenoxy) is 1. The van der Waals surface area contributed by atoms with Crippen LogP contribution in [-0.2, 0) is 4.79 Å². The summed E-state index contributed by atoms with van der Waals surface area (Å²) in [5, 5.41) is 3.98. The second-order valence-electron chi connectivity index (χ2n) is 5.98. The van der Waals surface area contributed by atoms with E-state index in [0.29, 0.717) is 5.75 Å². The van der Waals surface area contributed by atoms with Crippen LogP contribution in [0.3, 0.4) is 0 Å². The van der Waals surface area contributed by atoms with Gasteiger partial charge in [0, 0.05) is 4.47 Å². The summed E-state index contributed by atoms with van der Waals surface area (Å²) in [4.78, 5) is 11.8. The number of benzene rings is 3. The normalized spacial score (nSPS) is 10.7. The summed E-state index contributed by atoms with van der Waals surface area (Å²) in [5.41, 5.74) is 6.71. The minimum absolute atomic E-state index is 0.0919. The van der Waals surface area contributed by atoms with E-state index in [1.54, 1.807) is 6.21 Å². The Balaban J connectivity index is 1.49. The smallest absolute Gasteiger partial charge is 0.277 e. The fraction of sp³-hybridized carbons (Fsp3) is 0.0909. The molecule has 0 saturated carbocycles. The molecule has 0 aliphatic heterocycles. The van der Waals surface area contributed by atoms with Crippen LogP contribution in [-0.4, -0.2) is 18.7 Å². The Morgan fingerprint density at radius 3 is 2.44 bits per heavy atom. The molecular weight excluding hydrogens is 404 g/mol. The third-order valence-corrected chi connectivity index (χ3v) is 4.81. The lowest BCUT2D eigenvalue weighted by atomic mass is 10.0. The van der Waals surface area contributed by atoms with Gasteiger partial charge < -0.3 is 4.74 Å². The van der Waals surface area contributed by atoms with Crippen LogP contribution < -0.4 is 10.2 Å². The van der Waals surface area contributed by atoms with Crippen molar-refractivity contribution in [2.75, 3.05) is 6.61 Å². The number of hydrogen-bond donors (Lipinski definition) is 1. The highest BCUT2D eigenvalue weighted by atomic mass is 79.9. The quantitative estimate of drug-likeness (QED) is 0.451. The predicted octanol–water partition coefficient (Wildman–Crippen LogP) is 4.95. The van der Waals surface area contributed by atoms with Crippen LogP contribution in [0.1, 0.15) is 11.1 Å². The molecule has 0 spiro atoms. The van der Waals surface area contributed by atoms with Gasteiger partial charge in [-0.1, -0.05) is 70.5 Å². The van der Waals surface area contributed by atoms with Crippen LogP contribution in [0.25, 0.3) is 11.1 Å². The van der Waals surface area contributed by atoms with Crippen molar-refractivity contribution in [1.82, 2.24) is 5.43 Å². The van der Waals surface area contributed by atoms with E-state index in [1.165, 1.54) is 0 Å². The van der Waals surface area contributed by atoms with E-state index < -0.39 is 0 Å². The summed E-state index contributed by atoms with van der Waals surface area (Å²) in [5.74, 6) is 0.332. The molecule has 0 unspecified atom stereocenters. The highest BCUT2D eigenvalue weighted by Gasteiger charge is 2.03. The molecule has 1 amide bonds. The molecule has 0 aromatic heterocycles. The lowest BCUT2D eigenvalue weighted by Crippen LogP contribution is -2.24. The van der Waals surface area contributed by atoms with Crippen LogP contribution in [0.2, 0.25) is 0 Å². The summed E-state index contributed by atoms with van der Waals surface area (Å²) < 4.78 is 6.47. The first-order valence-corrected chi connectivity index (χ1v) is 9.27. The maximum absolute atomic E-state index is 11.8. The van der Waals surface area contributed by atoms with Crippen molar-refractivity contribution in [2.45, 2.75) is 6.92 Å². The van der Waals surface area contributed by atoms with Gasteiger partial charge in [-0.2, -0.15) is 5.10 Å². The SMILES string of the molecule is Cc1cc(OCC(=O)NN=Cc2ccc(-c3ccccc3)cc2)ccc1Br. The maximum atomic E-state index is 11.8. The second-order valence-corrected chi connectivity index (χ2v) is 6.84. The van der Waals surface area contributed by atoms with Crippen molar-refractivity contribution in [3.8, 4) is 16.9 Å². The number of halogens is 1. The number of nitrogens with one attached hydrogen (secondary N) is 1. The molecule has 136 valence electrons. The van der Waals surface area contributed by atoms with Gasteiger partial charge in [-0.25, -0.2) is 5.43 Å². The summed E-state index contributed by atoms with van der Waals surface area (Å²) >= 11 is 3.43. The molecule has 0 bridgehead atoms. The van der Waals surface area contributed by atoms with Crippen molar-refractivity contribution in [2.24, 2.45) is 5.10 Å². The summed E-state index contributed by atoms with van der Waals surface area (Å²) in [7, 11) is 0. The molecule has 3 aromatic carbocycles. The number of nitrogens with zero attached hydrogens (tertiary/aromatic N) is 1. The fourth-order valence-electron chi connectivity index (χ4n) is 2.46. The number of carbonyl (C=O) groups excluding carboxylic acids is 1. The molecule has 1 N–H and O–H groups in total. The second kappa shape index (κ2) is 9.14. The van der Waals surface area contributed by atoms with Crippen LogP contribution >= 0.6 is 15.9 Å². The molecule has 4 nitrogen and oxygen atoms in total. The monoisotopic (exact) mass is 422 g/mol. The van der Waals surface area contributed by atoms with Gasteiger partial charge in [0.05, 0.1) is 6.21 Å². The number of rotatable bonds is 6. The zero-order valence-electron chi connectivity index (χ0n) is 14.9. The van der Waals surface area contributed by atoms with E-state index in [-0.39, 0.29) is 12.5 Å². The van der Waals surface area contributed by atoms with Crippen molar-refractivity contribution in [3.63, 3.8) is 0 Å². The molecular formula is C22H19BrN2O2. The topological polar surface area (TPSA) is 50.7 Å². The number of amides is 1. The molecule has 0 saturated heterocycles. The fourth-order valence-corrected chi connectivity index (χ4v) is 2.71. The molecule has 5 heteroatoms. The van der Waals surface area contributed by atoms with Crippen LogP contribution in [0, 0.1) is 6.92 Å². The standard InChI is InChI=1S/C22H19BrN2O2/c1-16-13-20(11-12-21(16)23)27-15-22(26)25-24-14-17-7-9-19(10-8-17)18-5-3-2-4-6-18/h2-14H,15H2,1H3,(H,25,26). The minimum atomic E-state index is -0.312. The van der Waals surface area contributed by atoms with Gasteiger partial charge in [0.2, 0.25) is 0 Å². The van der Waals surface area contributed by atoms with Crippen molar-refractivity contribution in [1.29, 1.82) is 0 Å². The van der Waals surface area contributed by atoms with Gasteiger partial charge in [-0.05, 0) is 47.4 Å². The third kappa shape index (κ3) is 5.53. The molecule has 0 atom stereocenters. The van der Waals surface area contributed by atoms with Gasteiger partial charge in [0.1, 0.15) is 5.75 Å². The van der Waals surface area contributed by atoms with Gasteiger partial charge in [0.25, 0.3) is 5.91 Å². The highest BCUT2D eigenvalue weighted by Crippen LogP contribution is 2.21. The number of hydrogen-bond acceptors (Lipinski definition) is 3. The molecule has 0 fully saturated rings. The lowest BCUT2D eigenvalue weighted by molar-refractivity contribution is -0.123. The largest absolute Gasteiger partial charge is 0.484 e. The molecule has 27 heavy (non-hydrogen) atoms. The summed E-state index contributed by atoms with van der Waals surface area (Å²) in [6, 6.07) is 23.7. The van der Waals surface area contributed by atoms with Crippen LogP contribution in [0.4, 0.5) is 0 Å². The number of carbonyl (C=O) groups is 1. The van der Waals surface area contributed by atoms with E-state index >= 15 is 0 Å². The van der Waals surface area contributed by atoms with E-state index in [4.69, 9.17) is 4.74 Å². The predicted molar refractivity (Wildman–Crippen MR) is 112 cm³/mol. The summed E-state index contributed by atoms with van der Waals surface area (Å²) in [6.45, 7) is 1.87. The Labute approximate surface area is 167 Å². The molecule has 3 rings (SSSR count). The van der Waals surface area contributed by atoms with Crippen LogP contribution in [0.15, 0.2) is 82.4 Å². The lowest BCUT2D eigenvalue weighted by Gasteiger charge is -2.06. The first-order chi connectivity index (χ1) is 13.1. The zero-order chi connectivity index (χ0) is 19.1. The van der Waals surface area contributed by atoms with E-state index in [9.17, 15) is 4.79 Å². The van der Waals surface area contributed by atoms with E-state index in [1.807, 2.05) is 67.6 Å². The zero-order valence-corrected chi connectivity index (χ0v) is 16.4. The van der Waals surface area contributed by atoms with Gasteiger partial charge in [-0.3, -0.25) is 4.79 Å². The molecule has 0 aliphatic carbocycles. The van der Waals surface area contributed by atoms with E-state index in [0.717, 1.165) is 26.7 Å². The van der Waals surface area contributed by atoms with Crippen molar-refractivity contribution < 1.29 is 9.53 Å². The third-order valence-electron chi connectivity index (χ3n) is 3.92. The first kappa shape index (κ1) is 18.9. The average molecular weight is 423 g/mol. The van der Waals surface area contributed by atoms with Gasteiger partial charge in [0.15, 0.2) is 6.61 Å². The average Bonchev–Trinajstić information content (AvgIpc) is 2.70. The Morgan fingerprint density at radius 2 is 1.74 bits per heavy atom. The Morgan fingerprint density at radius 1 is 1.04 bits per heavy atom. The Bertz CT molecular complexity index is 938. The minimum Gasteiger partial charge on any atom is -0.484 e. The maximum Gasteiger partial charge on any atom is 0.277 e. The van der Waals surface area contributed by atoms with Gasteiger partial charge >= 0.3 is 0 Å². The van der Waals surface area contributed by atoms with E-state index in [2.05, 4.69) is 38.6 Å². The highest BCUT2D eigenvalue weighted by molar-refractivity contribution is 9.10. The number of hydrazone groups is 1. The molecule has 0 heterocycles. The van der Waals surface area contributed by atoms with Crippen LogP contribution in [0.5, 0.6) is 5.75 Å². The molecule has 0 radical (unpaired) electrons. The number of aryl methyl sites for hydroxylation is 1. The first-order valence-electron chi connectivity index (χ1n) is 8.48.